The highest BCUT2D eigenvalue weighted by Gasteiger charge is 1.86. The average molecular weight is 157 g/mol. The number of hydrogen-bond acceptors (Lipinski definition) is 1. The lowest BCUT2D eigenvalue weighted by molar-refractivity contribution is 1.19. The molecule has 1 aromatic heterocycles. The highest BCUT2D eigenvalue weighted by molar-refractivity contribution is 5.38. The van der Waals surface area contributed by atoms with Crippen molar-refractivity contribution in [1.82, 2.24) is 4.98 Å². The van der Waals surface area contributed by atoms with E-state index >= 15 is 0 Å². The normalized spacial score (nSPS) is 8.50. The van der Waals surface area contributed by atoms with E-state index in [1.165, 1.54) is 0 Å². The van der Waals surface area contributed by atoms with Crippen molar-refractivity contribution in [2.24, 2.45) is 0 Å². The second-order valence-corrected chi connectivity index (χ2v) is 2.72. The smallest absolute Gasteiger partial charge is 0.0385 e. The lowest BCUT2D eigenvalue weighted by atomic mass is 10.2. The van der Waals surface area contributed by atoms with E-state index in [1.54, 1.807) is 6.20 Å². The molecule has 0 aliphatic carbocycles. The number of hydrogen-bond donors (Lipinski definition) is 0. The molecule has 12 heavy (non-hydrogen) atoms. The van der Waals surface area contributed by atoms with Gasteiger partial charge in [0.05, 0.1) is 0 Å². The fourth-order valence-corrected chi connectivity index (χ4v) is 0.802. The monoisotopic (exact) mass is 157 g/mol. The van der Waals surface area contributed by atoms with Gasteiger partial charge >= 0.3 is 0 Å². The molecule has 1 nitrogen and oxygen atoms in total. The van der Waals surface area contributed by atoms with Crippen molar-refractivity contribution in [3.63, 3.8) is 0 Å². The van der Waals surface area contributed by atoms with Crippen molar-refractivity contribution in [3.05, 3.63) is 41.7 Å². The third-order valence-electron chi connectivity index (χ3n) is 1.32. The van der Waals surface area contributed by atoms with Gasteiger partial charge in [0.2, 0.25) is 0 Å². The summed E-state index contributed by atoms with van der Waals surface area (Å²) in [5, 5.41) is 0. The van der Waals surface area contributed by atoms with Gasteiger partial charge in [-0.15, -0.1) is 0 Å². The molecule has 0 aromatic carbocycles. The van der Waals surface area contributed by atoms with Crippen LogP contribution in [0.15, 0.2) is 30.5 Å². The minimum atomic E-state index is 0.879. The van der Waals surface area contributed by atoms with Crippen LogP contribution >= 0.6 is 0 Å². The zero-order valence-corrected chi connectivity index (χ0v) is 7.39. The van der Waals surface area contributed by atoms with Crippen molar-refractivity contribution in [1.29, 1.82) is 0 Å². The van der Waals surface area contributed by atoms with Gasteiger partial charge in [0, 0.05) is 17.5 Å². The zero-order valence-electron chi connectivity index (χ0n) is 7.39. The van der Waals surface area contributed by atoms with Gasteiger partial charge in [0.1, 0.15) is 0 Å². The Hall–Kier alpha value is -1.55. The summed E-state index contributed by atoms with van der Waals surface area (Å²) >= 11 is 0. The van der Waals surface area contributed by atoms with Gasteiger partial charge < -0.3 is 0 Å². The van der Waals surface area contributed by atoms with Crippen LogP contribution in [0.2, 0.25) is 0 Å². The average Bonchev–Trinajstić information content (AvgIpc) is 2.01. The fraction of sp³-hybridized carbons (Fsp3) is 0.182. The van der Waals surface area contributed by atoms with Crippen LogP contribution in [-0.2, 0) is 0 Å². The van der Waals surface area contributed by atoms with Gasteiger partial charge in [-0.05, 0) is 31.6 Å². The minimum absolute atomic E-state index is 0.879. The highest BCUT2D eigenvalue weighted by Crippen LogP contribution is 1.98. The first-order valence-corrected chi connectivity index (χ1v) is 3.78. The molecule has 0 atom stereocenters. The number of aromatic nitrogens is 1. The maximum atomic E-state index is 4.08. The lowest BCUT2D eigenvalue weighted by Gasteiger charge is -1.90. The maximum absolute atomic E-state index is 4.08. The van der Waals surface area contributed by atoms with Gasteiger partial charge in [0.15, 0.2) is 0 Å². The van der Waals surface area contributed by atoms with Gasteiger partial charge in [0.25, 0.3) is 0 Å². The maximum Gasteiger partial charge on any atom is 0.0385 e. The fourth-order valence-electron chi connectivity index (χ4n) is 0.802. The van der Waals surface area contributed by atoms with Crippen molar-refractivity contribution < 1.29 is 0 Å². The van der Waals surface area contributed by atoms with Crippen LogP contribution in [0, 0.1) is 18.8 Å². The molecule has 0 amide bonds. The van der Waals surface area contributed by atoms with Crippen LogP contribution in [-0.4, -0.2) is 4.98 Å². The second kappa shape index (κ2) is 3.73. The molecule has 0 spiro atoms. The number of rotatable bonds is 0. The Balaban J connectivity index is 2.92. The zero-order chi connectivity index (χ0) is 8.97. The number of pyridine rings is 1. The van der Waals surface area contributed by atoms with Gasteiger partial charge in [-0.3, -0.25) is 4.98 Å². The first-order valence-electron chi connectivity index (χ1n) is 3.78. The summed E-state index contributed by atoms with van der Waals surface area (Å²) in [5.41, 5.74) is 2.86. The predicted molar refractivity (Wildman–Crippen MR) is 50.7 cm³/mol. The number of allylic oxidation sites excluding steroid dienone is 1. The van der Waals surface area contributed by atoms with Crippen LogP contribution in [0.3, 0.4) is 0 Å². The summed E-state index contributed by atoms with van der Waals surface area (Å²) in [6.07, 6.45) is 1.76. The van der Waals surface area contributed by atoms with E-state index in [1.807, 2.05) is 26.0 Å². The molecule has 0 bridgehead atoms. The van der Waals surface area contributed by atoms with E-state index in [0.29, 0.717) is 0 Å². The summed E-state index contributed by atoms with van der Waals surface area (Å²) in [5.74, 6) is 5.91. The molecule has 0 fully saturated rings. The summed E-state index contributed by atoms with van der Waals surface area (Å²) in [7, 11) is 0. The molecule has 0 unspecified atom stereocenters. The summed E-state index contributed by atoms with van der Waals surface area (Å²) < 4.78 is 0. The van der Waals surface area contributed by atoms with Crippen LogP contribution in [0.1, 0.15) is 18.2 Å². The predicted octanol–water partition coefficient (Wildman–Crippen LogP) is 2.32. The minimum Gasteiger partial charge on any atom is -0.262 e. The Labute approximate surface area is 73.2 Å². The molecule has 1 heteroatoms. The molecular weight excluding hydrogens is 146 g/mol. The Morgan fingerprint density at radius 2 is 2.33 bits per heavy atom. The van der Waals surface area contributed by atoms with Crippen LogP contribution < -0.4 is 0 Å². The SMILES string of the molecule is C=C(C)C#Cc1ccnc(C)c1. The summed E-state index contributed by atoms with van der Waals surface area (Å²) in [4.78, 5) is 4.08. The third-order valence-corrected chi connectivity index (χ3v) is 1.32. The molecule has 0 radical (unpaired) electrons. The van der Waals surface area contributed by atoms with Crippen molar-refractivity contribution in [2.75, 3.05) is 0 Å². The second-order valence-electron chi connectivity index (χ2n) is 2.72. The number of aryl methyl sites for hydroxylation is 1. The third kappa shape index (κ3) is 2.59. The quantitative estimate of drug-likeness (QED) is 0.527. The Kier molecular flexibility index (Phi) is 2.66. The molecular formula is C11H11N. The first-order chi connectivity index (χ1) is 5.68. The van der Waals surface area contributed by atoms with Crippen molar-refractivity contribution >= 4 is 0 Å². The van der Waals surface area contributed by atoms with E-state index in [-0.39, 0.29) is 0 Å². The Morgan fingerprint density at radius 1 is 1.58 bits per heavy atom. The molecule has 60 valence electrons. The van der Waals surface area contributed by atoms with Crippen LogP contribution in [0.25, 0.3) is 0 Å². The van der Waals surface area contributed by atoms with E-state index < -0.39 is 0 Å². The molecule has 0 aliphatic heterocycles. The van der Waals surface area contributed by atoms with Gasteiger partial charge in [-0.1, -0.05) is 18.4 Å². The molecule has 1 heterocycles. The largest absolute Gasteiger partial charge is 0.262 e. The molecule has 0 aliphatic rings. The first kappa shape index (κ1) is 8.55. The molecule has 0 N–H and O–H groups in total. The van der Waals surface area contributed by atoms with Gasteiger partial charge in [-0.25, -0.2) is 0 Å². The van der Waals surface area contributed by atoms with Crippen molar-refractivity contribution in [3.8, 4) is 11.8 Å². The van der Waals surface area contributed by atoms with Crippen molar-refractivity contribution in [2.45, 2.75) is 13.8 Å². The molecule has 0 saturated heterocycles. The van der Waals surface area contributed by atoms with E-state index in [4.69, 9.17) is 0 Å². The van der Waals surface area contributed by atoms with Crippen LogP contribution in [0.5, 0.6) is 0 Å². The topological polar surface area (TPSA) is 12.9 Å². The highest BCUT2D eigenvalue weighted by atomic mass is 14.6. The van der Waals surface area contributed by atoms with Crippen LogP contribution in [0.4, 0.5) is 0 Å². The standard InChI is InChI=1S/C11H11N/c1-9(2)4-5-11-6-7-12-10(3)8-11/h6-8H,1H2,2-3H3. The summed E-state index contributed by atoms with van der Waals surface area (Å²) in [6.45, 7) is 7.54. The van der Waals surface area contributed by atoms with Gasteiger partial charge in [-0.2, -0.15) is 0 Å². The molecule has 0 saturated carbocycles. The molecule has 1 rings (SSSR count). The van der Waals surface area contributed by atoms with E-state index in [9.17, 15) is 0 Å². The molecule has 1 aromatic rings. The number of nitrogens with zero attached hydrogens (tertiary/aromatic N) is 1. The Morgan fingerprint density at radius 3 is 2.92 bits per heavy atom. The van der Waals surface area contributed by atoms with E-state index in [0.717, 1.165) is 16.8 Å². The lowest BCUT2D eigenvalue weighted by Crippen LogP contribution is -1.81. The Bertz CT molecular complexity index is 353. The summed E-state index contributed by atoms with van der Waals surface area (Å²) in [6, 6.07) is 3.85. The van der Waals surface area contributed by atoms with E-state index in [2.05, 4.69) is 23.4 Å².